The summed E-state index contributed by atoms with van der Waals surface area (Å²) in [6.07, 6.45) is 5.45. The smallest absolute Gasteiger partial charge is 0.251 e. The van der Waals surface area contributed by atoms with Gasteiger partial charge in [-0.1, -0.05) is 13.0 Å². The van der Waals surface area contributed by atoms with Crippen LogP contribution in [0, 0.1) is 0 Å². The number of aryl methyl sites for hydroxylation is 2. The second kappa shape index (κ2) is 7.25. The van der Waals surface area contributed by atoms with Crippen molar-refractivity contribution in [3.05, 3.63) is 34.9 Å². The maximum absolute atomic E-state index is 12.2. The second-order valence-corrected chi connectivity index (χ2v) is 5.68. The van der Waals surface area contributed by atoms with E-state index in [1.54, 1.807) is 6.92 Å². The number of fused-ring (bicyclic) bond motifs is 1. The standard InChI is InChI=1S/C17H24N2O2/c1-3-10-18-16(20)12(2)19-17(21)15-9-8-13-6-4-5-7-14(13)11-15/h8-9,11-12H,3-7,10H2,1-2H3,(H,18,20)(H,19,21)/t12-/m0/s1. The lowest BCUT2D eigenvalue weighted by molar-refractivity contribution is -0.122. The Morgan fingerprint density at radius 2 is 1.90 bits per heavy atom. The van der Waals surface area contributed by atoms with E-state index >= 15 is 0 Å². The number of rotatable bonds is 5. The highest BCUT2D eigenvalue weighted by Gasteiger charge is 2.17. The molecule has 2 rings (SSSR count). The number of hydrogen-bond donors (Lipinski definition) is 2. The molecular formula is C17H24N2O2. The predicted octanol–water partition coefficient (Wildman–Crippen LogP) is 2.21. The van der Waals surface area contributed by atoms with E-state index in [1.165, 1.54) is 24.0 Å². The predicted molar refractivity (Wildman–Crippen MR) is 83.3 cm³/mol. The number of hydrogen-bond acceptors (Lipinski definition) is 2. The molecule has 1 aliphatic rings. The SMILES string of the molecule is CCCNC(=O)[C@H](C)NC(=O)c1ccc2c(c1)CCCC2. The van der Waals surface area contributed by atoms with Gasteiger partial charge in [-0.05, 0) is 62.3 Å². The van der Waals surface area contributed by atoms with E-state index < -0.39 is 6.04 Å². The van der Waals surface area contributed by atoms with Crippen molar-refractivity contribution >= 4 is 11.8 Å². The summed E-state index contributed by atoms with van der Waals surface area (Å²) in [5, 5.41) is 5.55. The molecule has 0 saturated heterocycles. The third-order valence-electron chi connectivity index (χ3n) is 3.90. The lowest BCUT2D eigenvalue weighted by Crippen LogP contribution is -2.45. The molecule has 1 aromatic carbocycles. The van der Waals surface area contributed by atoms with Crippen LogP contribution in [-0.4, -0.2) is 24.4 Å². The highest BCUT2D eigenvalue weighted by Crippen LogP contribution is 2.22. The van der Waals surface area contributed by atoms with Gasteiger partial charge in [0.1, 0.15) is 6.04 Å². The average Bonchev–Trinajstić information content (AvgIpc) is 2.51. The first-order valence-electron chi connectivity index (χ1n) is 7.82. The zero-order chi connectivity index (χ0) is 15.2. The van der Waals surface area contributed by atoms with Crippen LogP contribution >= 0.6 is 0 Å². The van der Waals surface area contributed by atoms with E-state index in [-0.39, 0.29) is 11.8 Å². The topological polar surface area (TPSA) is 58.2 Å². The molecule has 1 atom stereocenters. The molecule has 4 heteroatoms. The summed E-state index contributed by atoms with van der Waals surface area (Å²) in [6, 6.07) is 5.36. The van der Waals surface area contributed by atoms with Gasteiger partial charge >= 0.3 is 0 Å². The Bertz CT molecular complexity index is 526. The van der Waals surface area contributed by atoms with Crippen LogP contribution in [0.2, 0.25) is 0 Å². The van der Waals surface area contributed by atoms with Crippen LogP contribution < -0.4 is 10.6 Å². The van der Waals surface area contributed by atoms with Gasteiger partial charge in [0.05, 0.1) is 0 Å². The molecule has 2 amide bonds. The first-order valence-corrected chi connectivity index (χ1v) is 7.82. The van der Waals surface area contributed by atoms with Crippen LogP contribution in [0.1, 0.15) is 54.6 Å². The van der Waals surface area contributed by atoms with E-state index in [9.17, 15) is 9.59 Å². The molecule has 1 aromatic rings. The molecule has 1 aliphatic carbocycles. The molecule has 21 heavy (non-hydrogen) atoms. The molecule has 0 aliphatic heterocycles. The number of amides is 2. The van der Waals surface area contributed by atoms with E-state index in [0.29, 0.717) is 12.1 Å². The molecule has 4 nitrogen and oxygen atoms in total. The first kappa shape index (κ1) is 15.5. The van der Waals surface area contributed by atoms with Gasteiger partial charge < -0.3 is 10.6 Å². The van der Waals surface area contributed by atoms with Gasteiger partial charge in [-0.3, -0.25) is 9.59 Å². The largest absolute Gasteiger partial charge is 0.354 e. The van der Waals surface area contributed by atoms with E-state index in [1.807, 2.05) is 25.1 Å². The minimum absolute atomic E-state index is 0.136. The number of carbonyl (C=O) groups excluding carboxylic acids is 2. The third kappa shape index (κ3) is 4.06. The van der Waals surface area contributed by atoms with Crippen LogP contribution in [-0.2, 0) is 17.6 Å². The highest BCUT2D eigenvalue weighted by molar-refractivity contribution is 5.97. The molecule has 114 valence electrons. The summed E-state index contributed by atoms with van der Waals surface area (Å²) in [7, 11) is 0. The van der Waals surface area contributed by atoms with Crippen LogP contribution in [0.3, 0.4) is 0 Å². The minimum Gasteiger partial charge on any atom is -0.354 e. The Morgan fingerprint density at radius 1 is 1.19 bits per heavy atom. The summed E-state index contributed by atoms with van der Waals surface area (Å²) in [5.74, 6) is -0.314. The van der Waals surface area contributed by atoms with Crippen molar-refractivity contribution in [1.82, 2.24) is 10.6 Å². The molecule has 0 unspecified atom stereocenters. The highest BCUT2D eigenvalue weighted by atomic mass is 16.2. The van der Waals surface area contributed by atoms with Crippen molar-refractivity contribution in [2.75, 3.05) is 6.54 Å². The van der Waals surface area contributed by atoms with Crippen LogP contribution in [0.15, 0.2) is 18.2 Å². The Morgan fingerprint density at radius 3 is 2.62 bits per heavy atom. The van der Waals surface area contributed by atoms with Gasteiger partial charge in [-0.2, -0.15) is 0 Å². The van der Waals surface area contributed by atoms with Crippen molar-refractivity contribution in [2.45, 2.75) is 52.0 Å². The molecule has 0 heterocycles. The van der Waals surface area contributed by atoms with E-state index in [4.69, 9.17) is 0 Å². The fraction of sp³-hybridized carbons (Fsp3) is 0.529. The second-order valence-electron chi connectivity index (χ2n) is 5.68. The Balaban J connectivity index is 1.98. The molecule has 0 saturated carbocycles. The average molecular weight is 288 g/mol. The Kier molecular flexibility index (Phi) is 5.37. The summed E-state index contributed by atoms with van der Waals surface area (Å²) in [4.78, 5) is 24.0. The van der Waals surface area contributed by atoms with Crippen molar-refractivity contribution in [3.63, 3.8) is 0 Å². The zero-order valence-electron chi connectivity index (χ0n) is 12.9. The maximum atomic E-state index is 12.2. The minimum atomic E-state index is -0.514. The van der Waals surface area contributed by atoms with Crippen LogP contribution in [0.5, 0.6) is 0 Å². The van der Waals surface area contributed by atoms with E-state index in [0.717, 1.165) is 19.3 Å². The van der Waals surface area contributed by atoms with Gasteiger partial charge in [0.15, 0.2) is 0 Å². The lowest BCUT2D eigenvalue weighted by atomic mass is 9.90. The van der Waals surface area contributed by atoms with Gasteiger partial charge in [-0.15, -0.1) is 0 Å². The van der Waals surface area contributed by atoms with Crippen LogP contribution in [0.4, 0.5) is 0 Å². The van der Waals surface area contributed by atoms with Crippen molar-refractivity contribution < 1.29 is 9.59 Å². The normalized spacial score (nSPS) is 15.0. The zero-order valence-corrected chi connectivity index (χ0v) is 12.9. The molecule has 2 N–H and O–H groups in total. The fourth-order valence-corrected chi connectivity index (χ4v) is 2.62. The van der Waals surface area contributed by atoms with Crippen molar-refractivity contribution in [2.24, 2.45) is 0 Å². The van der Waals surface area contributed by atoms with Gasteiger partial charge in [0.25, 0.3) is 5.91 Å². The summed E-state index contributed by atoms with van der Waals surface area (Å²) in [6.45, 7) is 4.34. The number of nitrogens with one attached hydrogen (secondary N) is 2. The van der Waals surface area contributed by atoms with Crippen molar-refractivity contribution in [1.29, 1.82) is 0 Å². The van der Waals surface area contributed by atoms with Gasteiger partial charge in [0, 0.05) is 12.1 Å². The van der Waals surface area contributed by atoms with Crippen LogP contribution in [0.25, 0.3) is 0 Å². The van der Waals surface area contributed by atoms with Gasteiger partial charge in [0.2, 0.25) is 5.91 Å². The van der Waals surface area contributed by atoms with E-state index in [2.05, 4.69) is 10.6 Å². The number of benzene rings is 1. The lowest BCUT2D eigenvalue weighted by Gasteiger charge is -2.17. The quantitative estimate of drug-likeness (QED) is 0.872. The molecule has 0 bridgehead atoms. The molecule has 0 fully saturated rings. The Hall–Kier alpha value is -1.84. The first-order chi connectivity index (χ1) is 10.1. The maximum Gasteiger partial charge on any atom is 0.251 e. The number of carbonyl (C=O) groups is 2. The van der Waals surface area contributed by atoms with Gasteiger partial charge in [-0.25, -0.2) is 0 Å². The molecule has 0 spiro atoms. The third-order valence-corrected chi connectivity index (χ3v) is 3.90. The molecular weight excluding hydrogens is 264 g/mol. The van der Waals surface area contributed by atoms with Crippen molar-refractivity contribution in [3.8, 4) is 0 Å². The summed E-state index contributed by atoms with van der Waals surface area (Å²) < 4.78 is 0. The summed E-state index contributed by atoms with van der Waals surface area (Å²) in [5.41, 5.74) is 3.27. The fourth-order valence-electron chi connectivity index (χ4n) is 2.62. The Labute approximate surface area is 126 Å². The molecule has 0 aromatic heterocycles. The summed E-state index contributed by atoms with van der Waals surface area (Å²) >= 11 is 0. The molecule has 0 radical (unpaired) electrons. The monoisotopic (exact) mass is 288 g/mol.